The molecule has 1 aliphatic heterocycles. The summed E-state index contributed by atoms with van der Waals surface area (Å²) in [6.07, 6.45) is 3.54. The highest BCUT2D eigenvalue weighted by Crippen LogP contribution is 2.27. The van der Waals surface area contributed by atoms with Crippen LogP contribution in [0.5, 0.6) is 5.75 Å². The van der Waals surface area contributed by atoms with Gasteiger partial charge >= 0.3 is 0 Å². The second-order valence-corrected chi connectivity index (χ2v) is 7.18. The van der Waals surface area contributed by atoms with Gasteiger partial charge in [-0.2, -0.15) is 5.10 Å². The molecule has 8 nitrogen and oxygen atoms in total. The van der Waals surface area contributed by atoms with Crippen LogP contribution in [0.2, 0.25) is 0 Å². The number of aryl methyl sites for hydroxylation is 1. The molecule has 1 N–H and O–H groups in total. The van der Waals surface area contributed by atoms with E-state index in [2.05, 4.69) is 15.4 Å². The standard InChI is InChI=1S/C22H23N5O3/c1-26-12-16-13-27(20(28)15-30-18-8-3-2-4-9-18)14-19(21(16)25-26)22(29)24-11-17-7-5-6-10-23-17/h2-10,12,19H,11,13-15H2,1H3,(H,24,29). The minimum Gasteiger partial charge on any atom is -0.484 e. The molecule has 0 bridgehead atoms. The van der Waals surface area contributed by atoms with E-state index < -0.39 is 5.92 Å². The van der Waals surface area contributed by atoms with Crippen LogP contribution >= 0.6 is 0 Å². The maximum atomic E-state index is 12.9. The van der Waals surface area contributed by atoms with Gasteiger partial charge in [-0.15, -0.1) is 0 Å². The maximum Gasteiger partial charge on any atom is 0.260 e. The Bertz CT molecular complexity index is 1020. The minimum atomic E-state index is -0.542. The van der Waals surface area contributed by atoms with Crippen LogP contribution in [0.15, 0.2) is 60.9 Å². The van der Waals surface area contributed by atoms with Crippen molar-refractivity contribution in [2.24, 2.45) is 7.05 Å². The second kappa shape index (κ2) is 8.77. The molecule has 3 heterocycles. The molecule has 2 aromatic heterocycles. The molecule has 0 radical (unpaired) electrons. The molecule has 4 rings (SSSR count). The van der Waals surface area contributed by atoms with Gasteiger partial charge in [0.25, 0.3) is 5.91 Å². The van der Waals surface area contributed by atoms with Crippen LogP contribution in [0, 0.1) is 0 Å². The summed E-state index contributed by atoms with van der Waals surface area (Å²) in [6, 6.07) is 14.7. The van der Waals surface area contributed by atoms with E-state index in [1.165, 1.54) is 0 Å². The van der Waals surface area contributed by atoms with Crippen molar-refractivity contribution in [3.63, 3.8) is 0 Å². The lowest BCUT2D eigenvalue weighted by molar-refractivity contribution is -0.135. The molecule has 0 spiro atoms. The third kappa shape index (κ3) is 4.48. The number of carbonyl (C=O) groups is 2. The number of pyridine rings is 1. The van der Waals surface area contributed by atoms with E-state index in [9.17, 15) is 9.59 Å². The van der Waals surface area contributed by atoms with E-state index in [1.807, 2.05) is 49.6 Å². The van der Waals surface area contributed by atoms with Gasteiger partial charge in [0, 0.05) is 38.1 Å². The Morgan fingerprint density at radius 2 is 1.97 bits per heavy atom. The van der Waals surface area contributed by atoms with Crippen molar-refractivity contribution in [2.45, 2.75) is 19.0 Å². The van der Waals surface area contributed by atoms with Crippen LogP contribution in [-0.2, 0) is 29.7 Å². The molecule has 30 heavy (non-hydrogen) atoms. The molecule has 0 saturated carbocycles. The van der Waals surface area contributed by atoms with Crippen molar-refractivity contribution in [2.75, 3.05) is 13.2 Å². The predicted octanol–water partition coefficient (Wildman–Crippen LogP) is 1.64. The molecule has 0 saturated heterocycles. The first-order valence-electron chi connectivity index (χ1n) is 9.76. The van der Waals surface area contributed by atoms with Gasteiger partial charge in [0.1, 0.15) is 5.75 Å². The van der Waals surface area contributed by atoms with Crippen LogP contribution in [0.4, 0.5) is 0 Å². The van der Waals surface area contributed by atoms with Crippen LogP contribution in [0.3, 0.4) is 0 Å². The average molecular weight is 405 g/mol. The van der Waals surface area contributed by atoms with Gasteiger partial charge in [-0.05, 0) is 24.3 Å². The fourth-order valence-corrected chi connectivity index (χ4v) is 3.50. The number of benzene rings is 1. The highest BCUT2D eigenvalue weighted by atomic mass is 16.5. The van der Waals surface area contributed by atoms with Crippen LogP contribution in [0.1, 0.15) is 22.9 Å². The number of hydrogen-bond donors (Lipinski definition) is 1. The topological polar surface area (TPSA) is 89.4 Å². The molecule has 154 valence electrons. The Morgan fingerprint density at radius 3 is 2.73 bits per heavy atom. The first-order valence-corrected chi connectivity index (χ1v) is 9.76. The molecule has 1 aromatic carbocycles. The SMILES string of the molecule is Cn1cc2c(n1)C(C(=O)NCc1ccccn1)CN(C(=O)COc1ccccc1)C2. The number of rotatable bonds is 6. The van der Waals surface area contributed by atoms with Gasteiger partial charge in [-0.25, -0.2) is 0 Å². The van der Waals surface area contributed by atoms with Crippen LogP contribution in [0.25, 0.3) is 0 Å². The highest BCUT2D eigenvalue weighted by molar-refractivity contribution is 5.86. The second-order valence-electron chi connectivity index (χ2n) is 7.18. The summed E-state index contributed by atoms with van der Waals surface area (Å²) >= 11 is 0. The first-order chi connectivity index (χ1) is 14.6. The van der Waals surface area contributed by atoms with Crippen molar-refractivity contribution >= 4 is 11.8 Å². The molecular weight excluding hydrogens is 382 g/mol. The Kier molecular flexibility index (Phi) is 5.74. The van der Waals surface area contributed by atoms with Gasteiger partial charge < -0.3 is 15.0 Å². The minimum absolute atomic E-state index is 0.0815. The molecule has 2 amide bonds. The van der Waals surface area contributed by atoms with E-state index in [0.717, 1.165) is 11.3 Å². The quantitative estimate of drug-likeness (QED) is 0.673. The number of nitrogens with zero attached hydrogens (tertiary/aromatic N) is 4. The van der Waals surface area contributed by atoms with Gasteiger partial charge in [0.05, 0.1) is 23.9 Å². The molecule has 3 aromatic rings. The number of nitrogens with one attached hydrogen (secondary N) is 1. The van der Waals surface area contributed by atoms with Gasteiger partial charge in [0.2, 0.25) is 5.91 Å². The summed E-state index contributed by atoms with van der Waals surface area (Å²) < 4.78 is 7.27. The Morgan fingerprint density at radius 1 is 1.17 bits per heavy atom. The molecule has 0 fully saturated rings. The van der Waals surface area contributed by atoms with Gasteiger partial charge in [-0.1, -0.05) is 24.3 Å². The molecule has 8 heteroatoms. The molecule has 1 aliphatic rings. The Labute approximate surface area is 174 Å². The van der Waals surface area contributed by atoms with Crippen LogP contribution < -0.4 is 10.1 Å². The third-order valence-corrected chi connectivity index (χ3v) is 4.98. The Hall–Kier alpha value is -3.68. The zero-order valence-corrected chi connectivity index (χ0v) is 16.7. The summed E-state index contributed by atoms with van der Waals surface area (Å²) in [5, 5.41) is 7.38. The molecule has 1 unspecified atom stereocenters. The van der Waals surface area contributed by atoms with Gasteiger partial charge in [-0.3, -0.25) is 19.3 Å². The van der Waals surface area contributed by atoms with E-state index in [1.54, 1.807) is 27.9 Å². The van der Waals surface area contributed by atoms with Crippen molar-refractivity contribution in [3.8, 4) is 5.75 Å². The van der Waals surface area contributed by atoms with Crippen molar-refractivity contribution in [1.82, 2.24) is 25.0 Å². The van der Waals surface area contributed by atoms with Crippen molar-refractivity contribution in [1.29, 1.82) is 0 Å². The van der Waals surface area contributed by atoms with E-state index in [-0.39, 0.29) is 25.0 Å². The number of fused-ring (bicyclic) bond motifs is 1. The maximum absolute atomic E-state index is 12.9. The lowest BCUT2D eigenvalue weighted by Gasteiger charge is -2.31. The zero-order valence-electron chi connectivity index (χ0n) is 16.7. The molecular formula is C22H23N5O3. The Balaban J connectivity index is 1.44. The number of amides is 2. The average Bonchev–Trinajstić information content (AvgIpc) is 3.16. The first kappa shape index (κ1) is 19.6. The number of aromatic nitrogens is 3. The highest BCUT2D eigenvalue weighted by Gasteiger charge is 2.35. The molecule has 1 atom stereocenters. The number of para-hydroxylation sites is 1. The van der Waals surface area contributed by atoms with Crippen LogP contribution in [-0.4, -0.2) is 44.6 Å². The number of carbonyl (C=O) groups excluding carboxylic acids is 2. The monoisotopic (exact) mass is 405 g/mol. The third-order valence-electron chi connectivity index (χ3n) is 4.98. The largest absolute Gasteiger partial charge is 0.484 e. The predicted molar refractivity (Wildman–Crippen MR) is 109 cm³/mol. The van der Waals surface area contributed by atoms with E-state index >= 15 is 0 Å². The van der Waals surface area contributed by atoms with E-state index in [4.69, 9.17) is 4.74 Å². The van der Waals surface area contributed by atoms with Crippen molar-refractivity contribution < 1.29 is 14.3 Å². The summed E-state index contributed by atoms with van der Waals surface area (Å²) in [5.74, 6) is -0.258. The normalized spacial score (nSPS) is 15.4. The summed E-state index contributed by atoms with van der Waals surface area (Å²) in [6.45, 7) is 0.907. The fourth-order valence-electron chi connectivity index (χ4n) is 3.50. The smallest absolute Gasteiger partial charge is 0.260 e. The summed E-state index contributed by atoms with van der Waals surface area (Å²) in [5.41, 5.74) is 2.35. The van der Waals surface area contributed by atoms with Gasteiger partial charge in [0.15, 0.2) is 6.61 Å². The number of hydrogen-bond acceptors (Lipinski definition) is 5. The fraction of sp³-hybridized carbons (Fsp3) is 0.273. The zero-order chi connectivity index (χ0) is 20.9. The summed E-state index contributed by atoms with van der Waals surface area (Å²) in [4.78, 5) is 31.6. The summed E-state index contributed by atoms with van der Waals surface area (Å²) in [7, 11) is 1.81. The number of ether oxygens (including phenoxy) is 1. The lowest BCUT2D eigenvalue weighted by atomic mass is 9.95. The van der Waals surface area contributed by atoms with E-state index in [0.29, 0.717) is 24.5 Å². The molecule has 0 aliphatic carbocycles. The van der Waals surface area contributed by atoms with Crippen molar-refractivity contribution in [3.05, 3.63) is 77.9 Å². The lowest BCUT2D eigenvalue weighted by Crippen LogP contribution is -2.45.